The van der Waals surface area contributed by atoms with Crippen LogP contribution in [-0.4, -0.2) is 70.9 Å². The average molecular weight is 602 g/mol. The molecule has 0 spiro atoms. The SMILES string of the molecule is CC(NC(=O)C1CCCCC1NC(=O)CS)C(CN)C(=O)N1C(=O)C(CNC(=O)c2ccc(C(C)(C)C)cc2)C1(C)C. The smallest absolute Gasteiger partial charge is 0.251 e. The van der Waals surface area contributed by atoms with Crippen LogP contribution in [0.15, 0.2) is 24.3 Å². The van der Waals surface area contributed by atoms with Crippen molar-refractivity contribution < 1.29 is 24.0 Å². The molecular weight excluding hydrogens is 554 g/mol. The molecule has 2 aliphatic rings. The molecule has 1 heterocycles. The number of amides is 5. The Kier molecular flexibility index (Phi) is 10.9. The first-order valence-corrected chi connectivity index (χ1v) is 15.4. The topological polar surface area (TPSA) is 151 Å². The van der Waals surface area contributed by atoms with Crippen molar-refractivity contribution in [2.75, 3.05) is 18.8 Å². The number of β-lactam (4-membered cyclic amide) rings is 1. The predicted octanol–water partition coefficient (Wildman–Crippen LogP) is 2.16. The predicted molar refractivity (Wildman–Crippen MR) is 165 cm³/mol. The number of likely N-dealkylation sites (tertiary alicyclic amines) is 1. The molecule has 1 saturated carbocycles. The van der Waals surface area contributed by atoms with E-state index in [1.807, 2.05) is 12.1 Å². The molecule has 5 unspecified atom stereocenters. The second-order valence-corrected chi connectivity index (χ2v) is 13.4. The van der Waals surface area contributed by atoms with Crippen LogP contribution in [0.4, 0.5) is 0 Å². The van der Waals surface area contributed by atoms with E-state index in [0.29, 0.717) is 18.4 Å². The van der Waals surface area contributed by atoms with Gasteiger partial charge in [-0.15, -0.1) is 0 Å². The molecule has 5 atom stereocenters. The van der Waals surface area contributed by atoms with Crippen LogP contribution in [0.2, 0.25) is 0 Å². The molecule has 0 bridgehead atoms. The first-order valence-electron chi connectivity index (χ1n) is 14.8. The summed E-state index contributed by atoms with van der Waals surface area (Å²) in [6.07, 6.45) is 3.11. The molecule has 1 aliphatic heterocycles. The summed E-state index contributed by atoms with van der Waals surface area (Å²) in [4.78, 5) is 65.9. The van der Waals surface area contributed by atoms with E-state index in [2.05, 4.69) is 49.4 Å². The molecule has 1 aliphatic carbocycles. The lowest BCUT2D eigenvalue weighted by molar-refractivity contribution is -0.177. The minimum Gasteiger partial charge on any atom is -0.352 e. The zero-order valence-corrected chi connectivity index (χ0v) is 26.6. The van der Waals surface area contributed by atoms with Crippen molar-refractivity contribution in [1.82, 2.24) is 20.9 Å². The molecule has 42 heavy (non-hydrogen) atoms. The van der Waals surface area contributed by atoms with Gasteiger partial charge in [0.2, 0.25) is 23.6 Å². The first kappa shape index (κ1) is 33.6. The van der Waals surface area contributed by atoms with Crippen molar-refractivity contribution in [3.8, 4) is 0 Å². The third kappa shape index (κ3) is 7.34. The second kappa shape index (κ2) is 13.6. The fourth-order valence-electron chi connectivity index (χ4n) is 5.97. The summed E-state index contributed by atoms with van der Waals surface area (Å²) in [7, 11) is 0. The summed E-state index contributed by atoms with van der Waals surface area (Å²) in [5.74, 6) is -3.37. The monoisotopic (exact) mass is 601 g/mol. The molecule has 1 saturated heterocycles. The van der Waals surface area contributed by atoms with E-state index in [9.17, 15) is 24.0 Å². The highest BCUT2D eigenvalue weighted by atomic mass is 32.1. The summed E-state index contributed by atoms with van der Waals surface area (Å²) in [6.45, 7) is 11.6. The number of hydrogen-bond acceptors (Lipinski definition) is 7. The molecule has 5 amide bonds. The Labute approximate surface area is 254 Å². The van der Waals surface area contributed by atoms with E-state index < -0.39 is 35.2 Å². The van der Waals surface area contributed by atoms with Gasteiger partial charge in [0.1, 0.15) is 0 Å². The van der Waals surface area contributed by atoms with E-state index in [4.69, 9.17) is 5.73 Å². The molecule has 3 rings (SSSR count). The zero-order valence-electron chi connectivity index (χ0n) is 25.7. The quantitative estimate of drug-likeness (QED) is 0.205. The maximum Gasteiger partial charge on any atom is 0.251 e. The van der Waals surface area contributed by atoms with Gasteiger partial charge in [-0.2, -0.15) is 12.6 Å². The fraction of sp³-hybridized carbons (Fsp3) is 0.645. The largest absolute Gasteiger partial charge is 0.352 e. The van der Waals surface area contributed by atoms with Gasteiger partial charge in [-0.1, -0.05) is 45.7 Å². The average Bonchev–Trinajstić information content (AvgIpc) is 2.92. The van der Waals surface area contributed by atoms with Gasteiger partial charge in [-0.3, -0.25) is 28.9 Å². The first-order chi connectivity index (χ1) is 19.6. The molecule has 0 aromatic heterocycles. The van der Waals surface area contributed by atoms with E-state index in [1.54, 1.807) is 32.9 Å². The van der Waals surface area contributed by atoms with Crippen LogP contribution < -0.4 is 21.7 Å². The number of nitrogens with one attached hydrogen (secondary N) is 3. The van der Waals surface area contributed by atoms with Crippen LogP contribution in [0.25, 0.3) is 0 Å². The van der Waals surface area contributed by atoms with Gasteiger partial charge in [0, 0.05) is 30.7 Å². The van der Waals surface area contributed by atoms with Crippen LogP contribution in [-0.2, 0) is 24.6 Å². The molecule has 1 aromatic rings. The summed E-state index contributed by atoms with van der Waals surface area (Å²) in [5.41, 5.74) is 6.73. The number of nitrogens with two attached hydrogens (primary N) is 1. The molecule has 2 fully saturated rings. The molecule has 11 heteroatoms. The van der Waals surface area contributed by atoms with Gasteiger partial charge in [0.15, 0.2) is 0 Å². The Morgan fingerprint density at radius 3 is 2.26 bits per heavy atom. The molecule has 5 N–H and O–H groups in total. The van der Waals surface area contributed by atoms with E-state index in [1.165, 1.54) is 4.90 Å². The number of thiol groups is 1. The Morgan fingerprint density at radius 1 is 1.10 bits per heavy atom. The van der Waals surface area contributed by atoms with E-state index in [-0.39, 0.29) is 53.9 Å². The van der Waals surface area contributed by atoms with E-state index in [0.717, 1.165) is 18.4 Å². The highest BCUT2D eigenvalue weighted by molar-refractivity contribution is 7.81. The normalized spacial score (nSPS) is 23.3. The number of rotatable bonds is 10. The van der Waals surface area contributed by atoms with Crippen LogP contribution in [0.5, 0.6) is 0 Å². The zero-order chi connectivity index (χ0) is 31.4. The molecular formula is C31H47N5O5S. The lowest BCUT2D eigenvalue weighted by atomic mass is 9.74. The van der Waals surface area contributed by atoms with Crippen LogP contribution in [0.3, 0.4) is 0 Å². The van der Waals surface area contributed by atoms with Crippen molar-refractivity contribution >= 4 is 42.2 Å². The number of nitrogens with zero attached hydrogens (tertiary/aromatic N) is 1. The van der Waals surface area contributed by atoms with Gasteiger partial charge in [-0.05, 0) is 56.7 Å². The van der Waals surface area contributed by atoms with Gasteiger partial charge >= 0.3 is 0 Å². The van der Waals surface area contributed by atoms with Crippen molar-refractivity contribution in [3.05, 3.63) is 35.4 Å². The lowest BCUT2D eigenvalue weighted by Gasteiger charge is -2.53. The van der Waals surface area contributed by atoms with Crippen LogP contribution in [0, 0.1) is 17.8 Å². The van der Waals surface area contributed by atoms with Crippen molar-refractivity contribution in [2.45, 2.75) is 90.3 Å². The number of imide groups is 1. The number of carbonyl (C=O) groups excluding carboxylic acids is 5. The Morgan fingerprint density at radius 2 is 1.71 bits per heavy atom. The molecule has 1 aromatic carbocycles. The highest BCUT2D eigenvalue weighted by Crippen LogP contribution is 2.38. The number of carbonyl (C=O) groups is 5. The van der Waals surface area contributed by atoms with Crippen molar-refractivity contribution in [1.29, 1.82) is 0 Å². The Hall–Kier alpha value is -2.92. The highest BCUT2D eigenvalue weighted by Gasteiger charge is 2.57. The maximum absolute atomic E-state index is 13.6. The van der Waals surface area contributed by atoms with Crippen molar-refractivity contribution in [3.63, 3.8) is 0 Å². The summed E-state index contributed by atoms with van der Waals surface area (Å²) < 4.78 is 0. The Bertz CT molecular complexity index is 1180. The maximum atomic E-state index is 13.6. The van der Waals surface area contributed by atoms with Crippen LogP contribution in [0.1, 0.15) is 83.1 Å². The number of benzene rings is 1. The molecule has 0 radical (unpaired) electrons. The summed E-state index contributed by atoms with van der Waals surface area (Å²) in [5, 5.41) is 8.65. The minimum atomic E-state index is -0.847. The van der Waals surface area contributed by atoms with E-state index >= 15 is 0 Å². The molecule has 232 valence electrons. The minimum absolute atomic E-state index is 0.0307. The standard InChI is InChI=1S/C31H47N5O5S/c1-18(34-27(39)21-9-7-8-10-24(21)35-25(37)17-42)22(15-32)28(40)36-29(41)23(31(36,5)6)16-33-26(38)19-11-13-20(14-12-19)30(2,3)4/h11-14,18,21-24,42H,7-10,15-17,32H2,1-6H3,(H,33,38)(H,34,39)(H,35,37). The van der Waals surface area contributed by atoms with Crippen molar-refractivity contribution in [2.24, 2.45) is 23.5 Å². The van der Waals surface area contributed by atoms with Gasteiger partial charge in [0.05, 0.1) is 29.0 Å². The number of hydrogen-bond donors (Lipinski definition) is 5. The third-order valence-corrected chi connectivity index (χ3v) is 9.07. The summed E-state index contributed by atoms with van der Waals surface area (Å²) in [6, 6.07) is 6.47. The fourth-order valence-corrected chi connectivity index (χ4v) is 6.06. The molecule has 10 nitrogen and oxygen atoms in total. The van der Waals surface area contributed by atoms with Gasteiger partial charge in [0.25, 0.3) is 5.91 Å². The summed E-state index contributed by atoms with van der Waals surface area (Å²) >= 11 is 4.01. The Balaban J connectivity index is 1.60. The van der Waals surface area contributed by atoms with Gasteiger partial charge in [-0.25, -0.2) is 0 Å². The second-order valence-electron chi connectivity index (χ2n) is 13.1. The van der Waals surface area contributed by atoms with Crippen LogP contribution >= 0.6 is 12.6 Å². The lowest BCUT2D eigenvalue weighted by Crippen LogP contribution is -2.73. The van der Waals surface area contributed by atoms with Gasteiger partial charge < -0.3 is 21.7 Å². The third-order valence-electron chi connectivity index (χ3n) is 8.79.